The minimum absolute atomic E-state index is 0.0330. The number of nitrogens with zero attached hydrogens (tertiary/aromatic N) is 1. The van der Waals surface area contributed by atoms with Crippen molar-refractivity contribution in [3.63, 3.8) is 0 Å². The Labute approximate surface area is 159 Å². The van der Waals surface area contributed by atoms with Gasteiger partial charge < -0.3 is 19.7 Å². The molecule has 1 N–H and O–H groups in total. The molecule has 1 saturated heterocycles. The smallest absolute Gasteiger partial charge is 0.227 e. The molecule has 6 nitrogen and oxygen atoms in total. The van der Waals surface area contributed by atoms with Gasteiger partial charge in [0.25, 0.3) is 0 Å². The predicted octanol–water partition coefficient (Wildman–Crippen LogP) is 2.55. The van der Waals surface area contributed by atoms with Gasteiger partial charge in [0.1, 0.15) is 11.9 Å². The summed E-state index contributed by atoms with van der Waals surface area (Å²) in [5.41, 5.74) is 1.69. The molecule has 2 aromatic carbocycles. The highest BCUT2D eigenvalue weighted by Crippen LogP contribution is 2.27. The minimum Gasteiger partial charge on any atom is -0.496 e. The van der Waals surface area contributed by atoms with E-state index >= 15 is 0 Å². The van der Waals surface area contributed by atoms with E-state index in [4.69, 9.17) is 9.47 Å². The Kier molecular flexibility index (Phi) is 6.08. The Morgan fingerprint density at radius 2 is 1.85 bits per heavy atom. The summed E-state index contributed by atoms with van der Waals surface area (Å²) in [6.07, 6.45) is -0.111. The first-order valence-corrected chi connectivity index (χ1v) is 8.93. The maximum Gasteiger partial charge on any atom is 0.227 e. The summed E-state index contributed by atoms with van der Waals surface area (Å²) in [6.45, 7) is 0.701. The van der Waals surface area contributed by atoms with Crippen molar-refractivity contribution >= 4 is 17.5 Å². The van der Waals surface area contributed by atoms with Crippen molar-refractivity contribution in [1.29, 1.82) is 0 Å². The number of para-hydroxylation sites is 2. The molecule has 0 radical (unpaired) electrons. The number of hydrogen-bond acceptors (Lipinski definition) is 4. The van der Waals surface area contributed by atoms with Gasteiger partial charge in [-0.3, -0.25) is 9.59 Å². The first-order valence-electron chi connectivity index (χ1n) is 8.93. The molecule has 2 amide bonds. The number of carbonyl (C=O) groups excluding carboxylic acids is 2. The summed E-state index contributed by atoms with van der Waals surface area (Å²) in [7, 11) is 3.20. The van der Waals surface area contributed by atoms with Crippen molar-refractivity contribution in [2.45, 2.75) is 12.5 Å². The largest absolute Gasteiger partial charge is 0.496 e. The van der Waals surface area contributed by atoms with E-state index in [9.17, 15) is 9.59 Å². The van der Waals surface area contributed by atoms with Gasteiger partial charge in [0.15, 0.2) is 0 Å². The highest BCUT2D eigenvalue weighted by atomic mass is 16.5. The summed E-state index contributed by atoms with van der Waals surface area (Å²) in [5.74, 6) is 0.172. The van der Waals surface area contributed by atoms with Gasteiger partial charge in [-0.15, -0.1) is 0 Å². The number of benzene rings is 2. The molecule has 0 aromatic heterocycles. The van der Waals surface area contributed by atoms with Crippen LogP contribution >= 0.6 is 0 Å². The van der Waals surface area contributed by atoms with E-state index in [1.165, 1.54) is 0 Å². The lowest BCUT2D eigenvalue weighted by Gasteiger charge is -2.20. The quantitative estimate of drug-likeness (QED) is 0.816. The molecule has 2 atom stereocenters. The molecule has 0 unspecified atom stereocenters. The van der Waals surface area contributed by atoms with E-state index in [0.29, 0.717) is 18.8 Å². The second-order valence-corrected chi connectivity index (χ2v) is 6.45. The van der Waals surface area contributed by atoms with Crippen molar-refractivity contribution < 1.29 is 19.1 Å². The second kappa shape index (κ2) is 8.68. The standard InChI is InChI=1S/C21H24N2O4/c1-26-18-11-7-6-10-17(18)19(27-2)13-22-21(25)15-12-20(24)23(14-15)16-8-4-3-5-9-16/h3-11,15,19H,12-14H2,1-2H3,(H,22,25)/t15-,19+/m1/s1. The number of amides is 2. The maximum atomic E-state index is 12.6. The van der Waals surface area contributed by atoms with Gasteiger partial charge in [0.05, 0.1) is 13.0 Å². The zero-order chi connectivity index (χ0) is 19.2. The molecule has 6 heteroatoms. The Bertz CT molecular complexity index is 794. The van der Waals surface area contributed by atoms with Crippen LogP contribution in [0.4, 0.5) is 5.69 Å². The fourth-order valence-corrected chi connectivity index (χ4v) is 3.33. The topological polar surface area (TPSA) is 67.9 Å². The summed E-state index contributed by atoms with van der Waals surface area (Å²) in [4.78, 5) is 26.6. The lowest BCUT2D eigenvalue weighted by molar-refractivity contribution is -0.126. The van der Waals surface area contributed by atoms with Gasteiger partial charge in [0.2, 0.25) is 11.8 Å². The zero-order valence-corrected chi connectivity index (χ0v) is 15.6. The molecule has 1 heterocycles. The molecule has 27 heavy (non-hydrogen) atoms. The molecule has 0 aliphatic carbocycles. The third-order valence-corrected chi connectivity index (χ3v) is 4.80. The Balaban J connectivity index is 1.61. The molecule has 0 bridgehead atoms. The number of nitrogens with one attached hydrogen (secondary N) is 1. The first kappa shape index (κ1) is 18.9. The van der Waals surface area contributed by atoms with E-state index in [-0.39, 0.29) is 30.3 Å². The normalized spacial score (nSPS) is 17.6. The highest BCUT2D eigenvalue weighted by Gasteiger charge is 2.35. The van der Waals surface area contributed by atoms with Gasteiger partial charge in [-0.2, -0.15) is 0 Å². The minimum atomic E-state index is -0.368. The monoisotopic (exact) mass is 368 g/mol. The lowest BCUT2D eigenvalue weighted by Crippen LogP contribution is -2.35. The predicted molar refractivity (Wildman–Crippen MR) is 103 cm³/mol. The van der Waals surface area contributed by atoms with Crippen LogP contribution in [0.15, 0.2) is 54.6 Å². The van der Waals surface area contributed by atoms with E-state index < -0.39 is 0 Å². The van der Waals surface area contributed by atoms with E-state index in [1.807, 2.05) is 54.6 Å². The highest BCUT2D eigenvalue weighted by molar-refractivity contribution is 6.00. The summed E-state index contributed by atoms with van der Waals surface area (Å²) in [6, 6.07) is 17.0. The van der Waals surface area contributed by atoms with Crippen LogP contribution in [-0.2, 0) is 14.3 Å². The molecule has 3 rings (SSSR count). The number of methoxy groups -OCH3 is 2. The Morgan fingerprint density at radius 1 is 1.15 bits per heavy atom. The third kappa shape index (κ3) is 4.28. The number of carbonyl (C=O) groups is 2. The molecule has 142 valence electrons. The van der Waals surface area contributed by atoms with Gasteiger partial charge in [-0.05, 0) is 18.2 Å². The Hall–Kier alpha value is -2.86. The van der Waals surface area contributed by atoms with Gasteiger partial charge in [-0.1, -0.05) is 36.4 Å². The van der Waals surface area contributed by atoms with Crippen molar-refractivity contribution in [1.82, 2.24) is 5.32 Å². The molecule has 2 aromatic rings. The molecule has 1 fully saturated rings. The third-order valence-electron chi connectivity index (χ3n) is 4.80. The molecule has 0 saturated carbocycles. The van der Waals surface area contributed by atoms with Gasteiger partial charge in [0, 0.05) is 37.9 Å². The van der Waals surface area contributed by atoms with E-state index in [1.54, 1.807) is 19.1 Å². The van der Waals surface area contributed by atoms with Crippen molar-refractivity contribution in [3.05, 3.63) is 60.2 Å². The molecule has 1 aliphatic heterocycles. The maximum absolute atomic E-state index is 12.6. The summed E-state index contributed by atoms with van der Waals surface area (Å²) >= 11 is 0. The van der Waals surface area contributed by atoms with Crippen LogP contribution in [0.2, 0.25) is 0 Å². The van der Waals surface area contributed by atoms with Crippen molar-refractivity contribution in [2.75, 3.05) is 32.2 Å². The first-order chi connectivity index (χ1) is 13.1. The Morgan fingerprint density at radius 3 is 2.56 bits per heavy atom. The van der Waals surface area contributed by atoms with Crippen LogP contribution in [0.5, 0.6) is 5.75 Å². The van der Waals surface area contributed by atoms with Crippen molar-refractivity contribution in [3.8, 4) is 5.75 Å². The SMILES string of the molecule is COc1ccccc1[C@H](CNC(=O)[C@@H]1CC(=O)N(c2ccccc2)C1)OC. The molecular formula is C21H24N2O4. The average molecular weight is 368 g/mol. The zero-order valence-electron chi connectivity index (χ0n) is 15.6. The number of anilines is 1. The second-order valence-electron chi connectivity index (χ2n) is 6.45. The number of rotatable bonds is 7. The van der Waals surface area contributed by atoms with E-state index in [0.717, 1.165) is 11.3 Å². The molecule has 0 spiro atoms. The van der Waals surface area contributed by atoms with Crippen LogP contribution in [0, 0.1) is 5.92 Å². The van der Waals surface area contributed by atoms with Crippen molar-refractivity contribution in [2.24, 2.45) is 5.92 Å². The van der Waals surface area contributed by atoms with Crippen LogP contribution in [-0.4, -0.2) is 39.1 Å². The summed E-state index contributed by atoms with van der Waals surface area (Å²) < 4.78 is 10.9. The molecule has 1 aliphatic rings. The average Bonchev–Trinajstić information content (AvgIpc) is 3.11. The van der Waals surface area contributed by atoms with Crippen LogP contribution in [0.25, 0.3) is 0 Å². The summed E-state index contributed by atoms with van der Waals surface area (Å²) in [5, 5.41) is 2.92. The number of ether oxygens (including phenoxy) is 2. The van der Waals surface area contributed by atoms with Crippen LogP contribution in [0.3, 0.4) is 0 Å². The number of hydrogen-bond donors (Lipinski definition) is 1. The van der Waals surface area contributed by atoms with Gasteiger partial charge >= 0.3 is 0 Å². The van der Waals surface area contributed by atoms with E-state index in [2.05, 4.69) is 5.32 Å². The van der Waals surface area contributed by atoms with Crippen LogP contribution < -0.4 is 15.0 Å². The lowest BCUT2D eigenvalue weighted by atomic mass is 10.1. The fourth-order valence-electron chi connectivity index (χ4n) is 3.33. The fraction of sp³-hybridized carbons (Fsp3) is 0.333. The van der Waals surface area contributed by atoms with Gasteiger partial charge in [-0.25, -0.2) is 0 Å². The molecular weight excluding hydrogens is 344 g/mol. The van der Waals surface area contributed by atoms with Crippen LogP contribution in [0.1, 0.15) is 18.1 Å².